The Hall–Kier alpha value is -2.19. The molecule has 3 amide bonds. The molecule has 4 heterocycles. The molecular weight excluding hydrogens is 384 g/mol. The van der Waals surface area contributed by atoms with Gasteiger partial charge in [0.15, 0.2) is 6.10 Å². The van der Waals surface area contributed by atoms with Gasteiger partial charge in [-0.25, -0.2) is 10.3 Å². The highest BCUT2D eigenvalue weighted by atomic mass is 32.3. The fourth-order valence-corrected chi connectivity index (χ4v) is 3.99. The Kier molecular flexibility index (Phi) is 4.55. The van der Waals surface area contributed by atoms with E-state index in [1.165, 1.54) is 4.90 Å². The number of carbonyl (C=O) groups excluding carboxylic acids is 2. The van der Waals surface area contributed by atoms with Gasteiger partial charge >= 0.3 is 16.4 Å². The maximum Gasteiger partial charge on any atom is 0.418 e. The number of nitrogens with one attached hydrogen (secondary N) is 2. The van der Waals surface area contributed by atoms with Crippen LogP contribution in [-0.4, -0.2) is 60.0 Å². The molecule has 0 spiro atoms. The van der Waals surface area contributed by atoms with Crippen LogP contribution in [0.3, 0.4) is 0 Å². The fourth-order valence-electron chi connectivity index (χ4n) is 3.60. The number of amides is 3. The van der Waals surface area contributed by atoms with Crippen molar-refractivity contribution in [3.05, 3.63) is 23.7 Å². The summed E-state index contributed by atoms with van der Waals surface area (Å²) in [5.74, 6) is 0.0944. The highest BCUT2D eigenvalue weighted by molar-refractivity contribution is 7.80. The van der Waals surface area contributed by atoms with Crippen LogP contribution in [0, 0.1) is 0 Å². The summed E-state index contributed by atoms with van der Waals surface area (Å²) in [6.07, 6.45) is 1.68. The lowest BCUT2D eigenvalue weighted by atomic mass is 10.0. The number of carbonyl (C=O) groups is 2. The van der Waals surface area contributed by atoms with Crippen LogP contribution in [0.5, 0.6) is 0 Å². The SMILES string of the molecule is O=C(NOC1CNCc2ccoc21)[C@@H]1CCC2CN1C(=O)N2OS(=O)(=O)O. The number of rotatable bonds is 5. The minimum Gasteiger partial charge on any atom is -0.466 e. The number of hydrogen-bond acceptors (Lipinski definition) is 8. The molecule has 13 heteroatoms. The van der Waals surface area contributed by atoms with E-state index in [0.717, 1.165) is 5.56 Å². The van der Waals surface area contributed by atoms with Gasteiger partial charge < -0.3 is 14.6 Å². The minimum absolute atomic E-state index is 0.111. The number of fused-ring (bicyclic) bond motifs is 3. The van der Waals surface area contributed by atoms with E-state index < -0.39 is 40.5 Å². The summed E-state index contributed by atoms with van der Waals surface area (Å²) < 4.78 is 40.3. The molecule has 2 fully saturated rings. The predicted octanol–water partition coefficient (Wildman–Crippen LogP) is -0.525. The van der Waals surface area contributed by atoms with Crippen molar-refractivity contribution in [3.8, 4) is 0 Å². The third-order valence-electron chi connectivity index (χ3n) is 4.82. The van der Waals surface area contributed by atoms with E-state index >= 15 is 0 Å². The highest BCUT2D eigenvalue weighted by Gasteiger charge is 2.49. The molecule has 3 aliphatic rings. The average molecular weight is 402 g/mol. The molecule has 0 aliphatic carbocycles. The lowest BCUT2D eigenvalue weighted by Crippen LogP contribution is -2.50. The van der Waals surface area contributed by atoms with Gasteiger partial charge in [0.05, 0.1) is 12.3 Å². The maximum absolute atomic E-state index is 12.5. The molecule has 3 atom stereocenters. The molecular formula is C14H18N4O8S. The molecule has 2 bridgehead atoms. The fraction of sp³-hybridized carbons (Fsp3) is 0.571. The van der Waals surface area contributed by atoms with Crippen molar-refractivity contribution in [2.24, 2.45) is 0 Å². The molecule has 3 aliphatic heterocycles. The molecule has 4 rings (SSSR count). The number of nitrogens with zero attached hydrogens (tertiary/aromatic N) is 2. The van der Waals surface area contributed by atoms with Gasteiger partial charge in [-0.1, -0.05) is 0 Å². The smallest absolute Gasteiger partial charge is 0.418 e. The normalized spacial score (nSPS) is 27.6. The molecule has 148 valence electrons. The van der Waals surface area contributed by atoms with Gasteiger partial charge in [-0.05, 0) is 18.9 Å². The topological polar surface area (TPSA) is 151 Å². The second kappa shape index (κ2) is 6.76. The first kappa shape index (κ1) is 18.2. The Morgan fingerprint density at radius 3 is 3.00 bits per heavy atom. The number of urea groups is 1. The summed E-state index contributed by atoms with van der Waals surface area (Å²) in [5, 5.41) is 3.72. The maximum atomic E-state index is 12.5. The highest BCUT2D eigenvalue weighted by Crippen LogP contribution is 2.31. The quantitative estimate of drug-likeness (QED) is 0.436. The first-order valence-electron chi connectivity index (χ1n) is 8.33. The van der Waals surface area contributed by atoms with Crippen LogP contribution in [0.4, 0.5) is 4.79 Å². The molecule has 2 unspecified atom stereocenters. The zero-order chi connectivity index (χ0) is 19.2. The lowest BCUT2D eigenvalue weighted by molar-refractivity contribution is -0.145. The molecule has 0 radical (unpaired) electrons. The second-order valence-corrected chi connectivity index (χ2v) is 7.53. The number of furan rings is 1. The molecule has 1 aromatic rings. The Morgan fingerprint density at radius 2 is 2.22 bits per heavy atom. The van der Waals surface area contributed by atoms with Crippen molar-refractivity contribution >= 4 is 22.3 Å². The Labute approximate surface area is 154 Å². The summed E-state index contributed by atoms with van der Waals surface area (Å²) in [5.41, 5.74) is 3.30. The van der Waals surface area contributed by atoms with Gasteiger partial charge in [0.25, 0.3) is 5.91 Å². The Balaban J connectivity index is 1.39. The average Bonchev–Trinajstić information content (AvgIpc) is 3.19. The van der Waals surface area contributed by atoms with Crippen LogP contribution >= 0.6 is 0 Å². The van der Waals surface area contributed by atoms with Crippen LogP contribution in [0.1, 0.15) is 30.3 Å². The van der Waals surface area contributed by atoms with Crippen LogP contribution in [0.2, 0.25) is 0 Å². The molecule has 27 heavy (non-hydrogen) atoms. The summed E-state index contributed by atoms with van der Waals surface area (Å²) in [6.45, 7) is 1.21. The molecule has 2 saturated heterocycles. The van der Waals surface area contributed by atoms with E-state index in [1.54, 1.807) is 6.26 Å². The molecule has 12 nitrogen and oxygen atoms in total. The van der Waals surface area contributed by atoms with Crippen LogP contribution in [-0.2, 0) is 30.9 Å². The van der Waals surface area contributed by atoms with Crippen LogP contribution < -0.4 is 10.8 Å². The van der Waals surface area contributed by atoms with E-state index in [4.69, 9.17) is 13.8 Å². The van der Waals surface area contributed by atoms with Crippen molar-refractivity contribution < 1.29 is 36.1 Å². The van der Waals surface area contributed by atoms with Gasteiger partial charge in [-0.2, -0.15) is 13.5 Å². The van der Waals surface area contributed by atoms with Crippen molar-refractivity contribution in [3.63, 3.8) is 0 Å². The van der Waals surface area contributed by atoms with Crippen LogP contribution in [0.15, 0.2) is 16.7 Å². The number of piperidine rings is 1. The molecule has 0 aromatic carbocycles. The molecule has 3 N–H and O–H groups in total. The number of hydroxylamine groups is 3. The van der Waals surface area contributed by atoms with Crippen molar-refractivity contribution in [2.75, 3.05) is 13.1 Å². The first-order valence-corrected chi connectivity index (χ1v) is 9.69. The van der Waals surface area contributed by atoms with E-state index in [1.807, 2.05) is 6.07 Å². The third-order valence-corrected chi connectivity index (χ3v) is 5.17. The van der Waals surface area contributed by atoms with E-state index in [2.05, 4.69) is 15.1 Å². The zero-order valence-electron chi connectivity index (χ0n) is 14.0. The summed E-state index contributed by atoms with van der Waals surface area (Å²) in [7, 11) is -4.83. The summed E-state index contributed by atoms with van der Waals surface area (Å²) >= 11 is 0. The van der Waals surface area contributed by atoms with Gasteiger partial charge in [0, 0.05) is 25.2 Å². The first-order chi connectivity index (χ1) is 12.8. The molecule has 0 saturated carbocycles. The van der Waals surface area contributed by atoms with Gasteiger partial charge in [-0.15, -0.1) is 4.28 Å². The Bertz CT molecular complexity index is 855. The van der Waals surface area contributed by atoms with Crippen molar-refractivity contribution in [1.29, 1.82) is 0 Å². The second-order valence-electron chi connectivity index (χ2n) is 6.52. The monoisotopic (exact) mass is 402 g/mol. The third kappa shape index (κ3) is 3.51. The molecule has 1 aromatic heterocycles. The summed E-state index contributed by atoms with van der Waals surface area (Å²) in [4.78, 5) is 31.5. The van der Waals surface area contributed by atoms with Crippen molar-refractivity contribution in [2.45, 2.75) is 37.6 Å². The van der Waals surface area contributed by atoms with Gasteiger partial charge in [0.1, 0.15) is 11.8 Å². The van der Waals surface area contributed by atoms with Gasteiger partial charge in [-0.3, -0.25) is 14.2 Å². The van der Waals surface area contributed by atoms with E-state index in [0.29, 0.717) is 36.8 Å². The van der Waals surface area contributed by atoms with Crippen LogP contribution in [0.25, 0.3) is 0 Å². The largest absolute Gasteiger partial charge is 0.466 e. The van der Waals surface area contributed by atoms with Crippen molar-refractivity contribution in [1.82, 2.24) is 20.8 Å². The van der Waals surface area contributed by atoms with E-state index in [-0.39, 0.29) is 6.54 Å². The predicted molar refractivity (Wildman–Crippen MR) is 85.8 cm³/mol. The minimum atomic E-state index is -4.83. The standard InChI is InChI=1S/C14H18N4O8S/c19-13(16-25-11-6-15-5-8-3-4-24-12(8)11)10-2-1-9-7-17(10)14(20)18(9)26-27(21,22)23/h3-4,9-11,15H,1-2,5-7H2,(H,16,19)(H,21,22,23)/t9?,10-,11?/m0/s1. The van der Waals surface area contributed by atoms with Gasteiger partial charge in [0.2, 0.25) is 0 Å². The Morgan fingerprint density at radius 1 is 1.41 bits per heavy atom. The zero-order valence-corrected chi connectivity index (χ0v) is 14.8. The lowest BCUT2D eigenvalue weighted by Gasteiger charge is -2.30. The van der Waals surface area contributed by atoms with E-state index in [9.17, 15) is 18.0 Å². The summed E-state index contributed by atoms with van der Waals surface area (Å²) in [6, 6.07) is -0.384. The number of hydrogen-bond donors (Lipinski definition) is 3.